The van der Waals surface area contributed by atoms with E-state index in [0.29, 0.717) is 5.54 Å². The van der Waals surface area contributed by atoms with Crippen LogP contribution in [0.2, 0.25) is 0 Å². The van der Waals surface area contributed by atoms with Crippen molar-refractivity contribution >= 4 is 0 Å². The Kier molecular flexibility index (Phi) is 2.92. The zero-order chi connectivity index (χ0) is 13.7. The average Bonchev–Trinajstić information content (AvgIpc) is 2.37. The largest absolute Gasteiger partial charge is 0.296 e. The van der Waals surface area contributed by atoms with Gasteiger partial charge in [0.15, 0.2) is 0 Å². The van der Waals surface area contributed by atoms with E-state index in [9.17, 15) is 4.39 Å². The minimum atomic E-state index is -0.110. The number of benzene rings is 1. The quantitative estimate of drug-likeness (QED) is 0.796. The summed E-state index contributed by atoms with van der Waals surface area (Å²) in [6, 6.07) is 7.11. The molecule has 5 rings (SSSR count). The maximum atomic E-state index is 13.4. The van der Waals surface area contributed by atoms with Crippen LogP contribution in [-0.2, 0) is 6.54 Å². The van der Waals surface area contributed by atoms with Gasteiger partial charge in [0.05, 0.1) is 0 Å². The van der Waals surface area contributed by atoms with Crippen molar-refractivity contribution in [1.29, 1.82) is 0 Å². The first-order valence-corrected chi connectivity index (χ1v) is 8.09. The van der Waals surface area contributed by atoms with E-state index in [1.54, 1.807) is 6.07 Å². The predicted molar refractivity (Wildman–Crippen MR) is 78.8 cm³/mol. The summed E-state index contributed by atoms with van der Waals surface area (Å²) in [6.07, 6.45) is 8.58. The molecule has 0 unspecified atom stereocenters. The van der Waals surface area contributed by atoms with Crippen LogP contribution in [-0.4, -0.2) is 17.5 Å². The summed E-state index contributed by atoms with van der Waals surface area (Å²) in [5, 5.41) is 0. The fraction of sp³-hybridized carbons (Fsp3) is 0.667. The van der Waals surface area contributed by atoms with Crippen LogP contribution in [0.1, 0.15) is 44.1 Å². The number of rotatable bonds is 3. The van der Waals surface area contributed by atoms with Crippen LogP contribution in [0.5, 0.6) is 0 Å². The minimum absolute atomic E-state index is 0.110. The van der Waals surface area contributed by atoms with Gasteiger partial charge in [0.1, 0.15) is 5.82 Å². The molecule has 0 saturated heterocycles. The second-order valence-corrected chi connectivity index (χ2v) is 7.63. The highest BCUT2D eigenvalue weighted by molar-refractivity contribution is 5.17. The zero-order valence-electron chi connectivity index (χ0n) is 12.3. The van der Waals surface area contributed by atoms with Crippen molar-refractivity contribution in [3.8, 4) is 0 Å². The Morgan fingerprint density at radius 2 is 1.70 bits per heavy atom. The molecule has 0 aliphatic heterocycles. The van der Waals surface area contributed by atoms with E-state index in [0.717, 1.165) is 29.9 Å². The number of halogens is 1. The third-order valence-electron chi connectivity index (χ3n) is 6.12. The van der Waals surface area contributed by atoms with Crippen LogP contribution >= 0.6 is 0 Å². The van der Waals surface area contributed by atoms with Crippen molar-refractivity contribution in [1.82, 2.24) is 4.90 Å². The number of hydrogen-bond acceptors (Lipinski definition) is 1. The Morgan fingerprint density at radius 3 is 2.25 bits per heavy atom. The van der Waals surface area contributed by atoms with Gasteiger partial charge in [-0.1, -0.05) is 12.1 Å². The molecule has 2 heteroatoms. The lowest BCUT2D eigenvalue weighted by Crippen LogP contribution is -2.58. The summed E-state index contributed by atoms with van der Waals surface area (Å²) in [4.78, 5) is 2.55. The molecule has 0 heterocycles. The highest BCUT2D eigenvalue weighted by Crippen LogP contribution is 2.57. The highest BCUT2D eigenvalue weighted by atomic mass is 19.1. The summed E-state index contributed by atoms with van der Waals surface area (Å²) < 4.78 is 13.4. The van der Waals surface area contributed by atoms with Crippen LogP contribution < -0.4 is 0 Å². The molecule has 1 nitrogen and oxygen atoms in total. The van der Waals surface area contributed by atoms with Crippen LogP contribution in [0, 0.1) is 23.6 Å². The molecule has 20 heavy (non-hydrogen) atoms. The summed E-state index contributed by atoms with van der Waals surface area (Å²) in [7, 11) is 2.26. The van der Waals surface area contributed by atoms with E-state index in [2.05, 4.69) is 18.0 Å². The third kappa shape index (κ3) is 2.09. The van der Waals surface area contributed by atoms with E-state index >= 15 is 0 Å². The molecule has 1 aromatic rings. The van der Waals surface area contributed by atoms with Gasteiger partial charge >= 0.3 is 0 Å². The Balaban J connectivity index is 1.54. The van der Waals surface area contributed by atoms with Crippen LogP contribution in [0.15, 0.2) is 24.3 Å². The lowest BCUT2D eigenvalue weighted by molar-refractivity contribution is -0.0822. The van der Waals surface area contributed by atoms with Gasteiger partial charge < -0.3 is 0 Å². The Labute approximate surface area is 121 Å². The Morgan fingerprint density at radius 1 is 1.10 bits per heavy atom. The number of nitrogens with zero attached hydrogens (tertiary/aromatic N) is 1. The van der Waals surface area contributed by atoms with Gasteiger partial charge in [-0.3, -0.25) is 4.90 Å². The molecule has 4 saturated carbocycles. The highest BCUT2D eigenvalue weighted by Gasteiger charge is 2.52. The molecule has 0 spiro atoms. The standard InChI is InChI=1S/C18H24FN/c1-20(12-13-3-2-4-17(19)8-13)18-9-14-5-15(10-18)7-16(6-14)11-18/h2-4,8,14-16H,5-7,9-12H2,1H3. The minimum Gasteiger partial charge on any atom is -0.296 e. The van der Waals surface area contributed by atoms with Gasteiger partial charge in [0, 0.05) is 12.1 Å². The Bertz CT molecular complexity index is 475. The monoisotopic (exact) mass is 273 g/mol. The smallest absolute Gasteiger partial charge is 0.123 e. The SMILES string of the molecule is CN(Cc1cccc(F)c1)C12CC3CC(CC(C3)C1)C2. The molecule has 0 N–H and O–H groups in total. The van der Waals surface area contributed by atoms with E-state index in [1.807, 2.05) is 6.07 Å². The first-order valence-electron chi connectivity index (χ1n) is 8.09. The second-order valence-electron chi connectivity index (χ2n) is 7.63. The molecule has 108 valence electrons. The summed E-state index contributed by atoms with van der Waals surface area (Å²) in [6.45, 7) is 0.893. The number of hydrogen-bond donors (Lipinski definition) is 0. The van der Waals surface area contributed by atoms with Crippen LogP contribution in [0.4, 0.5) is 4.39 Å². The van der Waals surface area contributed by atoms with Crippen molar-refractivity contribution in [2.45, 2.75) is 50.6 Å². The predicted octanol–water partition coefficient (Wildman–Crippen LogP) is 4.23. The fourth-order valence-corrected chi connectivity index (χ4v) is 5.61. The van der Waals surface area contributed by atoms with Gasteiger partial charge in [-0.05, 0) is 81.0 Å². The second kappa shape index (κ2) is 4.56. The topological polar surface area (TPSA) is 3.24 Å². The van der Waals surface area contributed by atoms with E-state index in [-0.39, 0.29) is 5.82 Å². The molecule has 4 fully saturated rings. The fourth-order valence-electron chi connectivity index (χ4n) is 5.61. The van der Waals surface area contributed by atoms with Gasteiger partial charge in [-0.2, -0.15) is 0 Å². The van der Waals surface area contributed by atoms with Gasteiger partial charge in [0.2, 0.25) is 0 Å². The van der Waals surface area contributed by atoms with Crippen molar-refractivity contribution in [2.24, 2.45) is 17.8 Å². The molecule has 4 bridgehead atoms. The summed E-state index contributed by atoms with van der Waals surface area (Å²) in [5.74, 6) is 2.80. The first kappa shape index (κ1) is 12.8. The molecule has 4 aliphatic carbocycles. The van der Waals surface area contributed by atoms with Crippen molar-refractivity contribution in [3.63, 3.8) is 0 Å². The van der Waals surface area contributed by atoms with E-state index < -0.39 is 0 Å². The molecule has 0 radical (unpaired) electrons. The summed E-state index contributed by atoms with van der Waals surface area (Å²) in [5.41, 5.74) is 1.53. The molecule has 4 aliphatic rings. The third-order valence-corrected chi connectivity index (χ3v) is 6.12. The molecular weight excluding hydrogens is 249 g/mol. The molecule has 0 atom stereocenters. The average molecular weight is 273 g/mol. The lowest BCUT2D eigenvalue weighted by atomic mass is 9.52. The zero-order valence-corrected chi connectivity index (χ0v) is 12.3. The summed E-state index contributed by atoms with van der Waals surface area (Å²) >= 11 is 0. The lowest BCUT2D eigenvalue weighted by Gasteiger charge is -2.60. The van der Waals surface area contributed by atoms with Crippen molar-refractivity contribution in [2.75, 3.05) is 7.05 Å². The van der Waals surface area contributed by atoms with Crippen molar-refractivity contribution in [3.05, 3.63) is 35.6 Å². The maximum absolute atomic E-state index is 13.4. The molecule has 0 aromatic heterocycles. The Hall–Kier alpha value is -0.890. The normalized spacial score (nSPS) is 38.6. The van der Waals surface area contributed by atoms with Gasteiger partial charge in [-0.25, -0.2) is 4.39 Å². The van der Waals surface area contributed by atoms with Gasteiger partial charge in [0.25, 0.3) is 0 Å². The molecule has 1 aromatic carbocycles. The van der Waals surface area contributed by atoms with E-state index in [1.165, 1.54) is 44.6 Å². The molecular formula is C18H24FN. The van der Waals surface area contributed by atoms with Crippen molar-refractivity contribution < 1.29 is 4.39 Å². The van der Waals surface area contributed by atoms with Crippen LogP contribution in [0.3, 0.4) is 0 Å². The first-order chi connectivity index (χ1) is 9.63. The van der Waals surface area contributed by atoms with E-state index in [4.69, 9.17) is 0 Å². The van der Waals surface area contributed by atoms with Gasteiger partial charge in [-0.15, -0.1) is 0 Å². The maximum Gasteiger partial charge on any atom is 0.123 e. The molecule has 0 amide bonds. The van der Waals surface area contributed by atoms with Crippen LogP contribution in [0.25, 0.3) is 0 Å².